The maximum atomic E-state index is 12.7. The fourth-order valence-electron chi connectivity index (χ4n) is 2.16. The zero-order chi connectivity index (χ0) is 17.2. The van der Waals surface area contributed by atoms with Gasteiger partial charge in [-0.05, 0) is 43.9 Å². The minimum Gasteiger partial charge on any atom is -0.478 e. The van der Waals surface area contributed by atoms with Crippen LogP contribution >= 0.6 is 0 Å². The molecule has 0 radical (unpaired) electrons. The third-order valence-electron chi connectivity index (χ3n) is 3.26. The van der Waals surface area contributed by atoms with Crippen molar-refractivity contribution < 1.29 is 18.3 Å². The largest absolute Gasteiger partial charge is 0.478 e. The van der Waals surface area contributed by atoms with Crippen molar-refractivity contribution in [3.63, 3.8) is 0 Å². The molecule has 0 amide bonds. The Morgan fingerprint density at radius 3 is 2.35 bits per heavy atom. The van der Waals surface area contributed by atoms with Crippen molar-refractivity contribution in [2.24, 2.45) is 0 Å². The lowest BCUT2D eigenvalue weighted by atomic mass is 10.2. The molecule has 122 valence electrons. The van der Waals surface area contributed by atoms with E-state index in [0.717, 1.165) is 9.54 Å². The van der Waals surface area contributed by atoms with Crippen molar-refractivity contribution in [1.82, 2.24) is 8.87 Å². The Balaban J connectivity index is 2.42. The van der Waals surface area contributed by atoms with Gasteiger partial charge < -0.3 is 10.0 Å². The van der Waals surface area contributed by atoms with Crippen molar-refractivity contribution in [3.8, 4) is 0 Å². The molecule has 2 aromatic rings. The maximum Gasteiger partial charge on any atom is 0.337 e. The average molecular weight is 334 g/mol. The summed E-state index contributed by atoms with van der Waals surface area (Å²) >= 11 is 0. The number of nitrogens with zero attached hydrogens (tertiary/aromatic N) is 2. The molecule has 0 atom stereocenters. The van der Waals surface area contributed by atoms with Gasteiger partial charge in [0.15, 0.2) is 0 Å². The Morgan fingerprint density at radius 2 is 1.83 bits per heavy atom. The van der Waals surface area contributed by atoms with Gasteiger partial charge in [-0.3, -0.25) is 0 Å². The number of aliphatic carboxylic acids is 1. The zero-order valence-electron chi connectivity index (χ0n) is 12.9. The Morgan fingerprint density at radius 1 is 1.22 bits per heavy atom. The van der Waals surface area contributed by atoms with Crippen molar-refractivity contribution in [3.05, 3.63) is 60.4 Å². The molecule has 0 aliphatic heterocycles. The average Bonchev–Trinajstić information content (AvgIpc) is 2.96. The van der Waals surface area contributed by atoms with E-state index >= 15 is 0 Å². The molecule has 0 aliphatic carbocycles. The highest BCUT2D eigenvalue weighted by molar-refractivity contribution is 7.90. The van der Waals surface area contributed by atoms with Crippen LogP contribution in [-0.4, -0.2) is 42.5 Å². The third-order valence-corrected chi connectivity index (χ3v) is 4.96. The number of hydrogen-bond acceptors (Lipinski definition) is 4. The molecule has 2 rings (SSSR count). The number of rotatable bonds is 6. The van der Waals surface area contributed by atoms with Crippen LogP contribution in [0.2, 0.25) is 0 Å². The quantitative estimate of drug-likeness (QED) is 0.816. The van der Waals surface area contributed by atoms with Gasteiger partial charge in [-0.2, -0.15) is 0 Å². The fourth-order valence-corrected chi connectivity index (χ4v) is 3.53. The highest BCUT2D eigenvalue weighted by Crippen LogP contribution is 2.21. The molecular formula is C16H18N2O4S. The summed E-state index contributed by atoms with van der Waals surface area (Å²) in [7, 11) is -0.0214. The van der Waals surface area contributed by atoms with Gasteiger partial charge in [-0.1, -0.05) is 18.7 Å². The Labute approximate surface area is 135 Å². The predicted molar refractivity (Wildman–Crippen MR) is 87.5 cm³/mol. The molecule has 0 aliphatic rings. The Hall–Kier alpha value is -2.38. The first kappa shape index (κ1) is 17.0. The summed E-state index contributed by atoms with van der Waals surface area (Å²) in [6, 6.07) is 9.39. The van der Waals surface area contributed by atoms with Crippen LogP contribution in [0.25, 0.3) is 5.57 Å². The van der Waals surface area contributed by atoms with Crippen LogP contribution in [0.15, 0.2) is 54.1 Å². The number of carbonyl (C=O) groups is 1. The summed E-state index contributed by atoms with van der Waals surface area (Å²) in [5, 5.41) is 9.02. The lowest BCUT2D eigenvalue weighted by molar-refractivity contribution is -0.130. The number of benzene rings is 1. The third kappa shape index (κ3) is 3.52. The molecule has 1 heterocycles. The first-order valence-corrected chi connectivity index (χ1v) is 8.26. The number of carboxylic acid groups (broad SMARTS) is 1. The first-order chi connectivity index (χ1) is 10.7. The molecule has 1 aromatic heterocycles. The lowest BCUT2D eigenvalue weighted by Gasteiger charge is -2.12. The van der Waals surface area contributed by atoms with Gasteiger partial charge in [0.25, 0.3) is 10.0 Å². The molecular weight excluding hydrogens is 316 g/mol. The van der Waals surface area contributed by atoms with Gasteiger partial charge in [0.1, 0.15) is 0 Å². The fraction of sp³-hybridized carbons (Fsp3) is 0.188. The van der Waals surface area contributed by atoms with Crippen molar-refractivity contribution in [2.45, 2.75) is 11.4 Å². The van der Waals surface area contributed by atoms with E-state index in [9.17, 15) is 13.2 Å². The van der Waals surface area contributed by atoms with E-state index < -0.39 is 16.0 Å². The van der Waals surface area contributed by atoms with E-state index in [-0.39, 0.29) is 16.2 Å². The summed E-state index contributed by atoms with van der Waals surface area (Å²) < 4.78 is 26.3. The molecule has 1 N–H and O–H groups in total. The van der Waals surface area contributed by atoms with Crippen molar-refractivity contribution >= 4 is 21.6 Å². The monoisotopic (exact) mass is 334 g/mol. The second-order valence-corrected chi connectivity index (χ2v) is 7.17. The van der Waals surface area contributed by atoms with E-state index in [1.807, 2.05) is 19.0 Å². The normalized spacial score (nSPS) is 11.6. The second-order valence-electron chi connectivity index (χ2n) is 5.36. The lowest BCUT2D eigenvalue weighted by Crippen LogP contribution is -2.16. The summed E-state index contributed by atoms with van der Waals surface area (Å²) in [4.78, 5) is 13.1. The Kier molecular flexibility index (Phi) is 4.72. The second kappa shape index (κ2) is 6.39. The molecule has 0 spiro atoms. The van der Waals surface area contributed by atoms with Crippen LogP contribution in [-0.2, 0) is 21.4 Å². The SMILES string of the molecule is C=C(C(=O)O)c1cccn1S(=O)(=O)c1ccc(CN(C)C)cc1. The molecule has 0 unspecified atom stereocenters. The minimum absolute atomic E-state index is 0.0369. The summed E-state index contributed by atoms with van der Waals surface area (Å²) in [5.74, 6) is -1.26. The van der Waals surface area contributed by atoms with Gasteiger partial charge in [-0.25, -0.2) is 17.2 Å². The predicted octanol–water partition coefficient (Wildman–Crippen LogP) is 1.88. The van der Waals surface area contributed by atoms with Crippen LogP contribution in [0.4, 0.5) is 0 Å². The molecule has 0 bridgehead atoms. The van der Waals surface area contributed by atoms with E-state index in [1.54, 1.807) is 12.1 Å². The molecule has 0 saturated carbocycles. The number of aromatic nitrogens is 1. The summed E-state index contributed by atoms with van der Waals surface area (Å²) in [6.45, 7) is 4.12. The van der Waals surface area contributed by atoms with Crippen LogP contribution in [0, 0.1) is 0 Å². The molecule has 23 heavy (non-hydrogen) atoms. The molecule has 6 nitrogen and oxygen atoms in total. The van der Waals surface area contributed by atoms with Crippen molar-refractivity contribution in [2.75, 3.05) is 14.1 Å². The number of carboxylic acids is 1. The van der Waals surface area contributed by atoms with Crippen molar-refractivity contribution in [1.29, 1.82) is 0 Å². The number of hydrogen-bond donors (Lipinski definition) is 1. The smallest absolute Gasteiger partial charge is 0.337 e. The maximum absolute atomic E-state index is 12.7. The summed E-state index contributed by atoms with van der Waals surface area (Å²) in [5.41, 5.74) is 0.745. The van der Waals surface area contributed by atoms with Gasteiger partial charge in [0.2, 0.25) is 0 Å². The highest BCUT2D eigenvalue weighted by Gasteiger charge is 2.22. The van der Waals surface area contributed by atoms with Gasteiger partial charge in [-0.15, -0.1) is 0 Å². The first-order valence-electron chi connectivity index (χ1n) is 6.82. The van der Waals surface area contributed by atoms with Crippen LogP contribution in [0.3, 0.4) is 0 Å². The Bertz CT molecular complexity index is 833. The van der Waals surface area contributed by atoms with Crippen LogP contribution < -0.4 is 0 Å². The highest BCUT2D eigenvalue weighted by atomic mass is 32.2. The molecule has 0 fully saturated rings. The topological polar surface area (TPSA) is 79.6 Å². The van der Waals surface area contributed by atoms with Crippen LogP contribution in [0.5, 0.6) is 0 Å². The zero-order valence-corrected chi connectivity index (χ0v) is 13.7. The van der Waals surface area contributed by atoms with E-state index in [2.05, 4.69) is 6.58 Å². The summed E-state index contributed by atoms with van der Waals surface area (Å²) in [6.07, 6.45) is 1.31. The van der Waals surface area contributed by atoms with E-state index in [0.29, 0.717) is 6.54 Å². The molecule has 0 saturated heterocycles. The van der Waals surface area contributed by atoms with Gasteiger partial charge in [0.05, 0.1) is 16.2 Å². The van der Waals surface area contributed by atoms with Crippen LogP contribution in [0.1, 0.15) is 11.3 Å². The standard InChI is InChI=1S/C16H18N2O4S/c1-12(16(19)20)15-5-4-10-18(15)23(21,22)14-8-6-13(7-9-14)11-17(2)3/h4-10H,1,11H2,2-3H3,(H,19,20). The van der Waals surface area contributed by atoms with Gasteiger partial charge >= 0.3 is 5.97 Å². The molecule has 7 heteroatoms. The van der Waals surface area contributed by atoms with E-state index in [1.165, 1.54) is 30.5 Å². The molecule has 1 aromatic carbocycles. The minimum atomic E-state index is -3.87. The van der Waals surface area contributed by atoms with E-state index in [4.69, 9.17) is 5.11 Å². The van der Waals surface area contributed by atoms with Gasteiger partial charge in [0, 0.05) is 12.7 Å².